The molecule has 2 N–H and O–H groups in total. The Hall–Kier alpha value is -1.36. The molecule has 2 atom stereocenters. The molecule has 1 aromatic heterocycles. The van der Waals surface area contributed by atoms with Gasteiger partial charge in [-0.25, -0.2) is 0 Å². The summed E-state index contributed by atoms with van der Waals surface area (Å²) >= 11 is 1.47. The summed E-state index contributed by atoms with van der Waals surface area (Å²) in [7, 11) is 0. The number of carboxylic acid groups (broad SMARTS) is 1. The number of nitrogens with one attached hydrogen (secondary N) is 1. The van der Waals surface area contributed by atoms with Gasteiger partial charge in [0.25, 0.3) is 5.91 Å². The fourth-order valence-electron chi connectivity index (χ4n) is 1.60. The summed E-state index contributed by atoms with van der Waals surface area (Å²) in [5.74, 6) is -1.69. The minimum absolute atomic E-state index is 0.191. The molecule has 1 rings (SSSR count). The van der Waals surface area contributed by atoms with Gasteiger partial charge in [0.15, 0.2) is 0 Å². The lowest BCUT2D eigenvalue weighted by Crippen LogP contribution is -2.39. The normalized spacial score (nSPS) is 14.0. The molecular weight excluding hydrogens is 250 g/mol. The third-order valence-electron chi connectivity index (χ3n) is 3.06. The molecule has 1 aromatic rings. The second-order valence-electron chi connectivity index (χ2n) is 4.46. The number of amides is 1. The Balaban J connectivity index is 2.73. The highest BCUT2D eigenvalue weighted by Gasteiger charge is 2.22. The van der Waals surface area contributed by atoms with Gasteiger partial charge >= 0.3 is 5.97 Å². The number of carbonyl (C=O) groups excluding carboxylic acids is 1. The lowest BCUT2D eigenvalue weighted by atomic mass is 10.0. The van der Waals surface area contributed by atoms with Gasteiger partial charge < -0.3 is 10.4 Å². The van der Waals surface area contributed by atoms with Gasteiger partial charge in [-0.2, -0.15) is 0 Å². The lowest BCUT2D eigenvalue weighted by molar-refractivity contribution is -0.141. The first kappa shape index (κ1) is 14.7. The van der Waals surface area contributed by atoms with Crippen LogP contribution in [-0.4, -0.2) is 23.0 Å². The first-order chi connectivity index (χ1) is 8.36. The average Bonchev–Trinajstić information content (AvgIpc) is 2.69. The quantitative estimate of drug-likeness (QED) is 0.863. The monoisotopic (exact) mass is 269 g/mol. The van der Waals surface area contributed by atoms with E-state index in [0.717, 1.165) is 12.0 Å². The Morgan fingerprint density at radius 3 is 2.50 bits per heavy atom. The first-order valence-corrected chi connectivity index (χ1v) is 6.81. The Morgan fingerprint density at radius 1 is 1.44 bits per heavy atom. The molecule has 18 heavy (non-hydrogen) atoms. The van der Waals surface area contributed by atoms with Crippen LogP contribution in [0.4, 0.5) is 0 Å². The number of thiophene rings is 1. The SMILES string of the molecule is CCc1sc(C(=O)NC(C)C(C)C(=O)O)cc1C. The first-order valence-electron chi connectivity index (χ1n) is 5.99. The Kier molecular flexibility index (Phi) is 4.90. The highest BCUT2D eigenvalue weighted by Crippen LogP contribution is 2.22. The number of aliphatic carboxylic acids is 1. The standard InChI is InChI=1S/C13H19NO3S/c1-5-10-7(2)6-11(18-10)12(15)14-9(4)8(3)13(16)17/h6,8-9H,5H2,1-4H3,(H,14,15)(H,16,17). The van der Waals surface area contributed by atoms with Crippen LogP contribution in [0.2, 0.25) is 0 Å². The van der Waals surface area contributed by atoms with E-state index in [2.05, 4.69) is 12.2 Å². The van der Waals surface area contributed by atoms with Crippen molar-refractivity contribution in [2.45, 2.75) is 40.2 Å². The summed E-state index contributed by atoms with van der Waals surface area (Å²) < 4.78 is 0. The molecule has 0 spiro atoms. The maximum atomic E-state index is 12.0. The molecule has 1 heterocycles. The van der Waals surface area contributed by atoms with Crippen molar-refractivity contribution >= 4 is 23.2 Å². The largest absolute Gasteiger partial charge is 0.481 e. The molecule has 5 heteroatoms. The van der Waals surface area contributed by atoms with Gasteiger partial charge in [0.1, 0.15) is 0 Å². The van der Waals surface area contributed by atoms with Crippen LogP contribution in [0.15, 0.2) is 6.07 Å². The van der Waals surface area contributed by atoms with Crippen molar-refractivity contribution in [2.24, 2.45) is 5.92 Å². The fourth-order valence-corrected chi connectivity index (χ4v) is 2.62. The molecule has 0 aliphatic heterocycles. The van der Waals surface area contributed by atoms with Gasteiger partial charge in [-0.1, -0.05) is 6.92 Å². The number of rotatable bonds is 5. The number of hydrogen-bond acceptors (Lipinski definition) is 3. The van der Waals surface area contributed by atoms with E-state index >= 15 is 0 Å². The highest BCUT2D eigenvalue weighted by molar-refractivity contribution is 7.14. The highest BCUT2D eigenvalue weighted by atomic mass is 32.1. The van der Waals surface area contributed by atoms with Crippen LogP contribution in [0.1, 0.15) is 40.9 Å². The summed E-state index contributed by atoms with van der Waals surface area (Å²) in [6.07, 6.45) is 0.908. The minimum atomic E-state index is -0.903. The van der Waals surface area contributed by atoms with Gasteiger partial charge in [-0.15, -0.1) is 11.3 Å². The van der Waals surface area contributed by atoms with Crippen molar-refractivity contribution < 1.29 is 14.7 Å². The molecule has 0 aromatic carbocycles. The summed E-state index contributed by atoms with van der Waals surface area (Å²) in [6, 6.07) is 1.47. The summed E-state index contributed by atoms with van der Waals surface area (Å²) in [4.78, 5) is 24.6. The van der Waals surface area contributed by atoms with E-state index in [9.17, 15) is 9.59 Å². The predicted molar refractivity (Wildman–Crippen MR) is 72.2 cm³/mol. The Morgan fingerprint density at radius 2 is 2.06 bits per heavy atom. The summed E-state index contributed by atoms with van der Waals surface area (Å²) in [5.41, 5.74) is 1.12. The van der Waals surface area contributed by atoms with Crippen LogP contribution in [0.25, 0.3) is 0 Å². The molecular formula is C13H19NO3S. The average molecular weight is 269 g/mol. The van der Waals surface area contributed by atoms with E-state index in [4.69, 9.17) is 5.11 Å². The molecule has 0 aliphatic rings. The van der Waals surface area contributed by atoms with Crippen molar-refractivity contribution in [2.75, 3.05) is 0 Å². The Labute approximate surface area is 111 Å². The number of carbonyl (C=O) groups is 2. The maximum absolute atomic E-state index is 12.0. The van der Waals surface area contributed by atoms with E-state index in [1.54, 1.807) is 13.8 Å². The van der Waals surface area contributed by atoms with Gasteiger partial charge in [-0.3, -0.25) is 9.59 Å². The lowest BCUT2D eigenvalue weighted by Gasteiger charge is -2.17. The third-order valence-corrected chi connectivity index (χ3v) is 4.44. The van der Waals surface area contributed by atoms with E-state index in [1.165, 1.54) is 16.2 Å². The van der Waals surface area contributed by atoms with Crippen molar-refractivity contribution in [3.8, 4) is 0 Å². The van der Waals surface area contributed by atoms with Gasteiger partial charge in [-0.05, 0) is 38.8 Å². The molecule has 0 fully saturated rings. The molecule has 2 unspecified atom stereocenters. The second-order valence-corrected chi connectivity index (χ2v) is 5.60. The second kappa shape index (κ2) is 6.00. The molecule has 0 aliphatic carbocycles. The molecule has 100 valence electrons. The zero-order valence-corrected chi connectivity index (χ0v) is 11.9. The van der Waals surface area contributed by atoms with Crippen molar-refractivity contribution in [3.63, 3.8) is 0 Å². The van der Waals surface area contributed by atoms with Crippen molar-refractivity contribution in [1.29, 1.82) is 0 Å². The van der Waals surface area contributed by atoms with Crippen LogP contribution < -0.4 is 5.32 Å². The Bertz CT molecular complexity index is 453. The van der Waals surface area contributed by atoms with Gasteiger partial charge in [0.2, 0.25) is 0 Å². The zero-order chi connectivity index (χ0) is 13.9. The molecule has 0 saturated carbocycles. The number of aryl methyl sites for hydroxylation is 2. The van der Waals surface area contributed by atoms with E-state index < -0.39 is 11.9 Å². The summed E-state index contributed by atoms with van der Waals surface area (Å²) in [6.45, 7) is 7.33. The molecule has 0 radical (unpaired) electrons. The fraction of sp³-hybridized carbons (Fsp3) is 0.538. The van der Waals surface area contributed by atoms with E-state index in [-0.39, 0.29) is 11.9 Å². The summed E-state index contributed by atoms with van der Waals surface area (Å²) in [5, 5.41) is 11.6. The molecule has 0 bridgehead atoms. The molecule has 1 amide bonds. The maximum Gasteiger partial charge on any atom is 0.308 e. The van der Waals surface area contributed by atoms with Crippen LogP contribution in [0.3, 0.4) is 0 Å². The minimum Gasteiger partial charge on any atom is -0.481 e. The molecule has 0 saturated heterocycles. The van der Waals surface area contributed by atoms with E-state index in [0.29, 0.717) is 4.88 Å². The molecule has 4 nitrogen and oxygen atoms in total. The van der Waals surface area contributed by atoms with Crippen molar-refractivity contribution in [1.82, 2.24) is 5.32 Å². The van der Waals surface area contributed by atoms with Gasteiger partial charge in [0.05, 0.1) is 10.8 Å². The van der Waals surface area contributed by atoms with Crippen molar-refractivity contribution in [3.05, 3.63) is 21.4 Å². The number of carboxylic acids is 1. The smallest absolute Gasteiger partial charge is 0.308 e. The third kappa shape index (κ3) is 3.32. The van der Waals surface area contributed by atoms with Crippen LogP contribution >= 0.6 is 11.3 Å². The van der Waals surface area contributed by atoms with Crippen LogP contribution in [-0.2, 0) is 11.2 Å². The van der Waals surface area contributed by atoms with E-state index in [1.807, 2.05) is 13.0 Å². The zero-order valence-electron chi connectivity index (χ0n) is 11.1. The van der Waals surface area contributed by atoms with Crippen LogP contribution in [0.5, 0.6) is 0 Å². The number of hydrogen-bond donors (Lipinski definition) is 2. The topological polar surface area (TPSA) is 66.4 Å². The van der Waals surface area contributed by atoms with Crippen LogP contribution in [0, 0.1) is 12.8 Å². The van der Waals surface area contributed by atoms with Gasteiger partial charge in [0, 0.05) is 10.9 Å². The predicted octanol–water partition coefficient (Wildman–Crippen LogP) is 2.46.